The Morgan fingerprint density at radius 1 is 0.688 bits per heavy atom. The second-order valence-electron chi connectivity index (χ2n) is 5.45. The van der Waals surface area contributed by atoms with Gasteiger partial charge < -0.3 is 8.85 Å². The summed E-state index contributed by atoms with van der Waals surface area (Å²) >= 11 is 0. The highest BCUT2D eigenvalue weighted by atomic mass is 28.4. The van der Waals surface area contributed by atoms with Gasteiger partial charge in [-0.15, -0.1) is 0 Å². The summed E-state index contributed by atoms with van der Waals surface area (Å²) in [5.41, 5.74) is 1.53. The van der Waals surface area contributed by atoms with E-state index >= 15 is 0 Å². The zero-order valence-electron chi connectivity index (χ0n) is 10.8. The highest BCUT2D eigenvalue weighted by molar-refractivity contribution is 6.70. The summed E-state index contributed by atoms with van der Waals surface area (Å²) in [5.74, 6) is 0. The zero-order chi connectivity index (χ0) is 11.4. The van der Waals surface area contributed by atoms with Crippen molar-refractivity contribution < 1.29 is 8.85 Å². The van der Waals surface area contributed by atoms with Gasteiger partial charge in [-0.05, 0) is 25.7 Å². The smallest absolute Gasteiger partial charge is 0.344 e. The molecule has 2 saturated carbocycles. The fourth-order valence-corrected chi connectivity index (χ4v) is 8.51. The Morgan fingerprint density at radius 3 is 1.44 bits per heavy atom. The van der Waals surface area contributed by atoms with Crippen LogP contribution in [-0.2, 0) is 8.85 Å². The van der Waals surface area contributed by atoms with Crippen molar-refractivity contribution in [1.29, 1.82) is 0 Å². The molecule has 16 heavy (non-hydrogen) atoms. The third-order valence-electron chi connectivity index (χ3n) is 4.74. The van der Waals surface area contributed by atoms with Crippen LogP contribution in [-0.4, -0.2) is 22.8 Å². The monoisotopic (exact) mass is 242 g/mol. The van der Waals surface area contributed by atoms with Crippen LogP contribution in [0.5, 0.6) is 0 Å². The lowest BCUT2D eigenvalue weighted by molar-refractivity contribution is 0.203. The molecule has 0 heterocycles. The van der Waals surface area contributed by atoms with Crippen molar-refractivity contribution in [3.63, 3.8) is 0 Å². The molecule has 2 aliphatic carbocycles. The molecule has 0 unspecified atom stereocenters. The molecule has 2 aliphatic rings. The van der Waals surface area contributed by atoms with Crippen molar-refractivity contribution in [3.8, 4) is 0 Å². The fourth-order valence-electron chi connectivity index (χ4n) is 3.92. The first kappa shape index (κ1) is 12.6. The molecule has 2 fully saturated rings. The standard InChI is InChI=1S/C13H26O2Si/c1-14-16(15-2,13-10-6-7-11-13)12-8-4-3-5-9-12/h12-13H,3-11H2,1-2H3. The predicted molar refractivity (Wildman–Crippen MR) is 68.8 cm³/mol. The van der Waals surface area contributed by atoms with E-state index in [9.17, 15) is 0 Å². The van der Waals surface area contributed by atoms with Crippen molar-refractivity contribution in [3.05, 3.63) is 0 Å². The maximum Gasteiger partial charge on any atom is 0.344 e. The van der Waals surface area contributed by atoms with E-state index in [1.54, 1.807) is 0 Å². The van der Waals surface area contributed by atoms with Gasteiger partial charge in [0.05, 0.1) is 0 Å². The average molecular weight is 242 g/mol. The van der Waals surface area contributed by atoms with E-state index in [1.165, 1.54) is 57.8 Å². The van der Waals surface area contributed by atoms with E-state index in [-0.39, 0.29) is 0 Å². The zero-order valence-corrected chi connectivity index (χ0v) is 11.8. The Labute approximate surface area is 101 Å². The largest absolute Gasteiger partial charge is 0.397 e. The molecule has 2 rings (SSSR count). The minimum atomic E-state index is -1.91. The maximum absolute atomic E-state index is 6.03. The summed E-state index contributed by atoms with van der Waals surface area (Å²) in [7, 11) is 1.90. The quantitative estimate of drug-likeness (QED) is 0.694. The Balaban J connectivity index is 2.11. The normalized spacial score (nSPS) is 25.1. The first-order chi connectivity index (χ1) is 7.83. The van der Waals surface area contributed by atoms with E-state index in [2.05, 4.69) is 0 Å². The fraction of sp³-hybridized carbons (Fsp3) is 1.00. The molecule has 0 bridgehead atoms. The van der Waals surface area contributed by atoms with Gasteiger partial charge in [0.1, 0.15) is 0 Å². The summed E-state index contributed by atoms with van der Waals surface area (Å²) in [6.07, 6.45) is 12.4. The molecule has 0 aromatic carbocycles. The van der Waals surface area contributed by atoms with Crippen LogP contribution in [0.3, 0.4) is 0 Å². The lowest BCUT2D eigenvalue weighted by Gasteiger charge is -2.41. The van der Waals surface area contributed by atoms with Crippen molar-refractivity contribution in [1.82, 2.24) is 0 Å². The van der Waals surface area contributed by atoms with Gasteiger partial charge in [0.2, 0.25) is 0 Å². The first-order valence-electron chi connectivity index (χ1n) is 6.94. The number of hydrogen-bond donors (Lipinski definition) is 0. The summed E-state index contributed by atoms with van der Waals surface area (Å²) in [5, 5.41) is 0. The molecule has 0 atom stereocenters. The van der Waals surface area contributed by atoms with Gasteiger partial charge in [0.15, 0.2) is 0 Å². The van der Waals surface area contributed by atoms with Gasteiger partial charge in [-0.1, -0.05) is 32.1 Å². The summed E-state index contributed by atoms with van der Waals surface area (Å²) in [4.78, 5) is 0. The van der Waals surface area contributed by atoms with Crippen LogP contribution >= 0.6 is 0 Å². The Hall–Kier alpha value is 0.137. The molecular weight excluding hydrogens is 216 g/mol. The van der Waals surface area contributed by atoms with E-state index in [4.69, 9.17) is 8.85 Å². The molecule has 3 heteroatoms. The topological polar surface area (TPSA) is 18.5 Å². The van der Waals surface area contributed by atoms with Gasteiger partial charge in [0.25, 0.3) is 0 Å². The summed E-state index contributed by atoms with van der Waals surface area (Å²) in [6.45, 7) is 0. The molecule has 0 N–H and O–H groups in total. The molecular formula is C13H26O2Si. The van der Waals surface area contributed by atoms with Crippen LogP contribution in [0.4, 0.5) is 0 Å². The van der Waals surface area contributed by atoms with E-state index in [0.717, 1.165) is 11.1 Å². The van der Waals surface area contributed by atoms with Crippen LogP contribution in [0.15, 0.2) is 0 Å². The lowest BCUT2D eigenvalue weighted by Crippen LogP contribution is -2.49. The second kappa shape index (κ2) is 5.65. The third-order valence-corrected chi connectivity index (χ3v) is 9.44. The Kier molecular flexibility index (Phi) is 4.45. The third kappa shape index (κ3) is 2.22. The minimum absolute atomic E-state index is 0.763. The number of hydrogen-bond acceptors (Lipinski definition) is 2. The van der Waals surface area contributed by atoms with Gasteiger partial charge in [-0.25, -0.2) is 0 Å². The maximum atomic E-state index is 6.03. The van der Waals surface area contributed by atoms with Gasteiger partial charge >= 0.3 is 8.56 Å². The average Bonchev–Trinajstić information content (AvgIpc) is 2.87. The molecule has 2 nitrogen and oxygen atoms in total. The van der Waals surface area contributed by atoms with Crippen LogP contribution in [0.2, 0.25) is 11.1 Å². The van der Waals surface area contributed by atoms with Crippen molar-refractivity contribution in [2.75, 3.05) is 14.2 Å². The van der Waals surface area contributed by atoms with Gasteiger partial charge in [-0.3, -0.25) is 0 Å². The SMILES string of the molecule is CO[Si](OC)(C1CCCCC1)C1CCCC1. The molecule has 0 aromatic rings. The molecule has 0 amide bonds. The molecule has 0 saturated heterocycles. The summed E-state index contributed by atoms with van der Waals surface area (Å²) < 4.78 is 12.1. The Morgan fingerprint density at radius 2 is 1.06 bits per heavy atom. The van der Waals surface area contributed by atoms with Gasteiger partial charge in [0, 0.05) is 25.3 Å². The van der Waals surface area contributed by atoms with Crippen molar-refractivity contribution in [2.24, 2.45) is 0 Å². The molecule has 0 aliphatic heterocycles. The van der Waals surface area contributed by atoms with Gasteiger partial charge in [-0.2, -0.15) is 0 Å². The Bertz CT molecular complexity index is 204. The van der Waals surface area contributed by atoms with Crippen LogP contribution in [0.25, 0.3) is 0 Å². The van der Waals surface area contributed by atoms with E-state index in [1.807, 2.05) is 14.2 Å². The minimum Gasteiger partial charge on any atom is -0.397 e. The number of rotatable bonds is 4. The molecule has 94 valence electrons. The molecule has 0 aromatic heterocycles. The second-order valence-corrected chi connectivity index (χ2v) is 9.34. The van der Waals surface area contributed by atoms with Crippen LogP contribution < -0.4 is 0 Å². The molecule has 0 spiro atoms. The lowest BCUT2D eigenvalue weighted by atomic mass is 10.0. The van der Waals surface area contributed by atoms with Crippen LogP contribution in [0, 0.1) is 0 Å². The van der Waals surface area contributed by atoms with Crippen molar-refractivity contribution >= 4 is 8.56 Å². The first-order valence-corrected chi connectivity index (χ1v) is 8.91. The predicted octanol–water partition coefficient (Wildman–Crippen LogP) is 4.00. The van der Waals surface area contributed by atoms with Crippen LogP contribution in [0.1, 0.15) is 57.8 Å². The van der Waals surface area contributed by atoms with E-state index < -0.39 is 8.56 Å². The summed E-state index contributed by atoms with van der Waals surface area (Å²) in [6, 6.07) is 0. The highest BCUT2D eigenvalue weighted by Crippen LogP contribution is 2.49. The van der Waals surface area contributed by atoms with Crippen molar-refractivity contribution in [2.45, 2.75) is 68.9 Å². The van der Waals surface area contributed by atoms with E-state index in [0.29, 0.717) is 0 Å². The molecule has 0 radical (unpaired) electrons. The highest BCUT2D eigenvalue weighted by Gasteiger charge is 2.51.